The van der Waals surface area contributed by atoms with Crippen LogP contribution < -0.4 is 5.32 Å². The van der Waals surface area contributed by atoms with Gasteiger partial charge in [0.15, 0.2) is 6.10 Å². The topological polar surface area (TPSA) is 92.8 Å². The van der Waals surface area contributed by atoms with E-state index >= 15 is 0 Å². The van der Waals surface area contributed by atoms with Crippen molar-refractivity contribution in [3.8, 4) is 0 Å². The Balaban J connectivity index is 1.45. The summed E-state index contributed by atoms with van der Waals surface area (Å²) in [7, 11) is 0. The van der Waals surface area contributed by atoms with Crippen LogP contribution in [0.3, 0.4) is 0 Å². The summed E-state index contributed by atoms with van der Waals surface area (Å²) < 4.78 is 5.32. The van der Waals surface area contributed by atoms with Crippen LogP contribution >= 0.6 is 0 Å². The van der Waals surface area contributed by atoms with Gasteiger partial charge in [-0.2, -0.15) is 0 Å². The Morgan fingerprint density at radius 2 is 1.62 bits per heavy atom. The number of ether oxygens (including phenoxy) is 1. The molecule has 4 rings (SSSR count). The van der Waals surface area contributed by atoms with E-state index in [-0.39, 0.29) is 23.2 Å². The zero-order valence-corrected chi connectivity index (χ0v) is 19.1. The first kappa shape index (κ1) is 22.9. The summed E-state index contributed by atoms with van der Waals surface area (Å²) >= 11 is 0. The standard InChI is InChI=1S/C27H24N2O5/c1-16-9-10-17(2)23(13-16)28-24(30)18(3)34-27(33)20-11-12-21-22(14-20)26(32)29(25(21)31)15-19-7-5-4-6-8-19/h4-14,18H,15H2,1-3H3,(H,28,30). The molecule has 0 aliphatic carbocycles. The van der Waals surface area contributed by atoms with Crippen LogP contribution in [-0.4, -0.2) is 34.7 Å². The van der Waals surface area contributed by atoms with Gasteiger partial charge >= 0.3 is 5.97 Å². The number of carbonyl (C=O) groups excluding carboxylic acids is 4. The first-order chi connectivity index (χ1) is 16.2. The largest absolute Gasteiger partial charge is 0.449 e. The highest BCUT2D eigenvalue weighted by Crippen LogP contribution is 2.26. The van der Waals surface area contributed by atoms with E-state index in [0.29, 0.717) is 5.69 Å². The van der Waals surface area contributed by atoms with E-state index in [4.69, 9.17) is 4.74 Å². The smallest absolute Gasteiger partial charge is 0.338 e. The van der Waals surface area contributed by atoms with Gasteiger partial charge in [0, 0.05) is 5.69 Å². The quantitative estimate of drug-likeness (QED) is 0.441. The van der Waals surface area contributed by atoms with E-state index in [1.165, 1.54) is 25.1 Å². The maximum absolute atomic E-state index is 12.9. The van der Waals surface area contributed by atoms with Crippen LogP contribution in [0, 0.1) is 13.8 Å². The fourth-order valence-corrected chi connectivity index (χ4v) is 3.71. The highest BCUT2D eigenvalue weighted by atomic mass is 16.5. The number of esters is 1. The molecule has 1 heterocycles. The second-order valence-corrected chi connectivity index (χ2v) is 8.30. The SMILES string of the molecule is Cc1ccc(C)c(NC(=O)C(C)OC(=O)c2ccc3c(c2)C(=O)N(Cc2ccccc2)C3=O)c1. The summed E-state index contributed by atoms with van der Waals surface area (Å²) in [5.74, 6) is -2.11. The van der Waals surface area contributed by atoms with Crippen LogP contribution in [-0.2, 0) is 16.1 Å². The summed E-state index contributed by atoms with van der Waals surface area (Å²) in [6.45, 7) is 5.40. The van der Waals surface area contributed by atoms with Gasteiger partial charge in [0.2, 0.25) is 0 Å². The number of nitrogens with one attached hydrogen (secondary N) is 1. The third-order valence-electron chi connectivity index (χ3n) is 5.69. The molecule has 0 saturated heterocycles. The van der Waals surface area contributed by atoms with Crippen molar-refractivity contribution >= 4 is 29.4 Å². The van der Waals surface area contributed by atoms with E-state index in [1.807, 2.05) is 62.4 Å². The minimum absolute atomic E-state index is 0.0906. The Morgan fingerprint density at radius 3 is 2.35 bits per heavy atom. The number of aryl methyl sites for hydroxylation is 2. The molecule has 1 aliphatic heterocycles. The number of rotatable bonds is 6. The molecule has 34 heavy (non-hydrogen) atoms. The number of carbonyl (C=O) groups is 4. The molecule has 1 aliphatic rings. The minimum atomic E-state index is -1.06. The summed E-state index contributed by atoms with van der Waals surface area (Å²) in [5, 5.41) is 2.77. The molecule has 3 aromatic rings. The van der Waals surface area contributed by atoms with Crippen LogP contribution in [0.5, 0.6) is 0 Å². The van der Waals surface area contributed by atoms with Crippen molar-refractivity contribution in [3.05, 3.63) is 100 Å². The maximum Gasteiger partial charge on any atom is 0.338 e. The molecule has 0 radical (unpaired) electrons. The third-order valence-corrected chi connectivity index (χ3v) is 5.69. The van der Waals surface area contributed by atoms with Crippen molar-refractivity contribution in [2.45, 2.75) is 33.4 Å². The van der Waals surface area contributed by atoms with Crippen LogP contribution in [0.25, 0.3) is 0 Å². The lowest BCUT2D eigenvalue weighted by Crippen LogP contribution is -2.30. The van der Waals surface area contributed by atoms with Gasteiger partial charge < -0.3 is 10.1 Å². The van der Waals surface area contributed by atoms with Crippen LogP contribution in [0.2, 0.25) is 0 Å². The number of hydrogen-bond acceptors (Lipinski definition) is 5. The van der Waals surface area contributed by atoms with Crippen molar-refractivity contribution < 1.29 is 23.9 Å². The molecule has 1 N–H and O–H groups in total. The average molecular weight is 456 g/mol. The Hall–Kier alpha value is -4.26. The Morgan fingerprint density at radius 1 is 0.912 bits per heavy atom. The molecule has 0 aromatic heterocycles. The van der Waals surface area contributed by atoms with Gasteiger partial charge in [-0.15, -0.1) is 0 Å². The number of hydrogen-bond donors (Lipinski definition) is 1. The zero-order valence-electron chi connectivity index (χ0n) is 19.1. The molecule has 0 saturated carbocycles. The Kier molecular flexibility index (Phi) is 6.27. The Labute approximate surface area is 197 Å². The minimum Gasteiger partial charge on any atom is -0.449 e. The average Bonchev–Trinajstić information content (AvgIpc) is 3.06. The van der Waals surface area contributed by atoms with Gasteiger partial charge in [0.1, 0.15) is 0 Å². The first-order valence-corrected chi connectivity index (χ1v) is 10.9. The van der Waals surface area contributed by atoms with Crippen LogP contribution in [0.1, 0.15) is 54.7 Å². The van der Waals surface area contributed by atoms with Gasteiger partial charge in [-0.3, -0.25) is 19.3 Å². The molecule has 7 heteroatoms. The second-order valence-electron chi connectivity index (χ2n) is 8.30. The maximum atomic E-state index is 12.9. The highest BCUT2D eigenvalue weighted by Gasteiger charge is 2.36. The number of fused-ring (bicyclic) bond motifs is 1. The summed E-state index contributed by atoms with van der Waals surface area (Å²) in [6.07, 6.45) is -1.06. The zero-order chi connectivity index (χ0) is 24.4. The summed E-state index contributed by atoms with van der Waals surface area (Å²) in [6, 6.07) is 19.1. The van der Waals surface area contributed by atoms with Gasteiger partial charge in [0.25, 0.3) is 17.7 Å². The molecular weight excluding hydrogens is 432 g/mol. The number of benzene rings is 3. The van der Waals surface area contributed by atoms with Crippen LogP contribution in [0.4, 0.5) is 5.69 Å². The normalized spacial score (nSPS) is 13.4. The first-order valence-electron chi connectivity index (χ1n) is 10.9. The number of amides is 3. The molecule has 1 atom stereocenters. The molecular formula is C27H24N2O5. The van der Waals surface area contributed by atoms with E-state index < -0.39 is 29.8 Å². The molecule has 172 valence electrons. The fourth-order valence-electron chi connectivity index (χ4n) is 3.71. The van der Waals surface area contributed by atoms with Crippen molar-refractivity contribution in [1.29, 1.82) is 0 Å². The molecule has 3 amide bonds. The number of anilines is 1. The number of nitrogens with zero attached hydrogens (tertiary/aromatic N) is 1. The van der Waals surface area contributed by atoms with Crippen LogP contribution in [0.15, 0.2) is 66.7 Å². The van der Waals surface area contributed by atoms with Crippen molar-refractivity contribution in [3.63, 3.8) is 0 Å². The van der Waals surface area contributed by atoms with Gasteiger partial charge in [0.05, 0.1) is 23.2 Å². The van der Waals surface area contributed by atoms with E-state index in [1.54, 1.807) is 0 Å². The van der Waals surface area contributed by atoms with E-state index in [0.717, 1.165) is 21.6 Å². The van der Waals surface area contributed by atoms with Gasteiger partial charge in [-0.05, 0) is 61.7 Å². The molecule has 7 nitrogen and oxygen atoms in total. The predicted molar refractivity (Wildman–Crippen MR) is 127 cm³/mol. The Bertz CT molecular complexity index is 1300. The third kappa shape index (κ3) is 4.59. The molecule has 0 bridgehead atoms. The van der Waals surface area contributed by atoms with Gasteiger partial charge in [-0.1, -0.05) is 42.5 Å². The lowest BCUT2D eigenvalue weighted by Gasteiger charge is -2.15. The summed E-state index contributed by atoms with van der Waals surface area (Å²) in [5.41, 5.74) is 3.81. The van der Waals surface area contributed by atoms with Gasteiger partial charge in [-0.25, -0.2) is 4.79 Å². The second kappa shape index (κ2) is 9.31. The molecule has 0 spiro atoms. The lowest BCUT2D eigenvalue weighted by molar-refractivity contribution is -0.123. The lowest BCUT2D eigenvalue weighted by atomic mass is 10.1. The van der Waals surface area contributed by atoms with E-state index in [2.05, 4.69) is 5.32 Å². The van der Waals surface area contributed by atoms with E-state index in [9.17, 15) is 19.2 Å². The molecule has 1 unspecified atom stereocenters. The predicted octanol–water partition coefficient (Wildman–Crippen LogP) is 4.28. The highest BCUT2D eigenvalue weighted by molar-refractivity contribution is 6.21. The summed E-state index contributed by atoms with van der Waals surface area (Å²) in [4.78, 5) is 52.0. The number of imide groups is 1. The van der Waals surface area contributed by atoms with Crippen molar-refractivity contribution in [2.24, 2.45) is 0 Å². The fraction of sp³-hybridized carbons (Fsp3) is 0.185. The monoisotopic (exact) mass is 456 g/mol. The molecule has 3 aromatic carbocycles. The molecule has 0 fully saturated rings. The van der Waals surface area contributed by atoms with Crippen molar-refractivity contribution in [1.82, 2.24) is 4.90 Å². The van der Waals surface area contributed by atoms with Crippen molar-refractivity contribution in [2.75, 3.05) is 5.32 Å².